The fraction of sp³-hybridized carbons (Fsp3) is 0.455. The number of nitrogens with zero attached hydrogens (tertiary/aromatic N) is 1. The van der Waals surface area contributed by atoms with E-state index >= 15 is 0 Å². The zero-order valence-electron chi connectivity index (χ0n) is 10.6. The van der Waals surface area contributed by atoms with Crippen molar-refractivity contribution in [1.29, 1.82) is 0 Å². The molecule has 1 radical (unpaired) electrons. The Bertz CT molecular complexity index is 643. The maximum atomic E-state index is 11.4. The summed E-state index contributed by atoms with van der Waals surface area (Å²) < 4.78 is 53.5. The van der Waals surface area contributed by atoms with Crippen molar-refractivity contribution >= 4 is 37.2 Å². The lowest BCUT2D eigenvalue weighted by molar-refractivity contribution is 0.483. The molecule has 1 aromatic carbocycles. The van der Waals surface area contributed by atoms with Crippen LogP contribution in [0.4, 0.5) is 5.69 Å². The predicted octanol–water partition coefficient (Wildman–Crippen LogP) is 1.21. The Hall–Kier alpha value is -0.830. The van der Waals surface area contributed by atoms with Crippen LogP contribution in [0.25, 0.3) is 0 Å². The molecule has 0 atom stereocenters. The van der Waals surface area contributed by atoms with Crippen molar-refractivity contribution in [2.75, 3.05) is 23.9 Å². The average molecular weight is 341 g/mol. The van der Waals surface area contributed by atoms with Gasteiger partial charge in [-0.05, 0) is 24.6 Å². The van der Waals surface area contributed by atoms with E-state index in [1.165, 1.54) is 18.2 Å². The number of hydrogen-bond donors (Lipinski definition) is 1. The van der Waals surface area contributed by atoms with Crippen LogP contribution in [0.15, 0.2) is 29.2 Å². The van der Waals surface area contributed by atoms with Crippen molar-refractivity contribution in [1.82, 2.24) is 5.32 Å². The Labute approximate surface area is 123 Å². The van der Waals surface area contributed by atoms with Crippen LogP contribution in [0.2, 0.25) is 0 Å². The summed E-state index contributed by atoms with van der Waals surface area (Å²) in [5, 5.41) is 4.07. The minimum atomic E-state index is -4.26. The van der Waals surface area contributed by atoms with Crippen molar-refractivity contribution in [3.05, 3.63) is 24.3 Å². The summed E-state index contributed by atoms with van der Waals surface area (Å²) in [4.78, 5) is -0.242. The zero-order valence-corrected chi connectivity index (χ0v) is 13.0. The minimum Gasteiger partial charge on any atom is -0.285 e. The summed E-state index contributed by atoms with van der Waals surface area (Å²) in [6.45, 7) is 0.246. The Balaban J connectivity index is 2.51. The summed E-state index contributed by atoms with van der Waals surface area (Å²) in [7, 11) is -7.40. The molecule has 0 amide bonds. The van der Waals surface area contributed by atoms with Crippen molar-refractivity contribution in [2.24, 2.45) is 0 Å². The molecule has 1 N–H and O–H groups in total. The van der Waals surface area contributed by atoms with Gasteiger partial charge >= 0.3 is 0 Å². The lowest BCUT2D eigenvalue weighted by atomic mass is 10.3. The van der Waals surface area contributed by atoms with Crippen LogP contribution < -0.4 is 5.32 Å². The quantitative estimate of drug-likeness (QED) is 0.435. The van der Waals surface area contributed by atoms with Gasteiger partial charge in [0, 0.05) is 12.4 Å². The number of sulfone groups is 1. The first-order valence-corrected chi connectivity index (χ1v) is 9.56. The molecule has 0 spiro atoms. The Kier molecular flexibility index (Phi) is 6.25. The van der Waals surface area contributed by atoms with E-state index in [0.29, 0.717) is 12.1 Å². The Morgan fingerprint density at radius 1 is 1.15 bits per heavy atom. The van der Waals surface area contributed by atoms with Gasteiger partial charge in [-0.25, -0.2) is 8.42 Å². The lowest BCUT2D eigenvalue weighted by Crippen LogP contribution is -2.15. The topological polar surface area (TPSA) is 103 Å². The molecule has 0 heterocycles. The van der Waals surface area contributed by atoms with Crippen LogP contribution in [0.5, 0.6) is 0 Å². The van der Waals surface area contributed by atoms with Crippen LogP contribution in [0.1, 0.15) is 6.42 Å². The van der Waals surface area contributed by atoms with Crippen molar-refractivity contribution in [2.45, 2.75) is 11.3 Å². The predicted molar refractivity (Wildman–Crippen MR) is 76.9 cm³/mol. The number of hydrogen-bond acceptors (Lipinski definition) is 4. The van der Waals surface area contributed by atoms with E-state index in [4.69, 9.17) is 16.2 Å². The molecule has 1 rings (SSSR count). The van der Waals surface area contributed by atoms with E-state index in [2.05, 4.69) is 5.32 Å². The molecular formula is C11H15ClNO5S2. The van der Waals surface area contributed by atoms with E-state index in [1.807, 2.05) is 0 Å². The van der Waals surface area contributed by atoms with Gasteiger partial charge in [0.25, 0.3) is 10.1 Å². The third-order valence-corrected chi connectivity index (χ3v) is 5.41. The molecule has 0 aromatic heterocycles. The molecule has 0 unspecified atom stereocenters. The highest BCUT2D eigenvalue weighted by atomic mass is 35.5. The molecule has 0 saturated carbocycles. The van der Waals surface area contributed by atoms with Crippen LogP contribution in [-0.2, 0) is 20.0 Å². The van der Waals surface area contributed by atoms with Gasteiger partial charge in [-0.1, -0.05) is 6.07 Å². The van der Waals surface area contributed by atoms with Gasteiger partial charge in [-0.3, -0.25) is 9.87 Å². The summed E-state index contributed by atoms with van der Waals surface area (Å²) in [5.74, 6) is -0.0100. The van der Waals surface area contributed by atoms with Crippen LogP contribution in [0.3, 0.4) is 0 Å². The number of halogens is 1. The van der Waals surface area contributed by atoms with E-state index in [0.717, 1.165) is 0 Å². The molecule has 0 fully saturated rings. The number of rotatable bonds is 8. The number of alkyl halides is 1. The van der Waals surface area contributed by atoms with E-state index in [1.54, 1.807) is 6.07 Å². The van der Waals surface area contributed by atoms with Crippen molar-refractivity contribution in [3.63, 3.8) is 0 Å². The van der Waals surface area contributed by atoms with E-state index in [9.17, 15) is 16.8 Å². The second-order valence-corrected chi connectivity index (χ2v) is 8.15. The highest BCUT2D eigenvalue weighted by molar-refractivity contribution is 7.91. The van der Waals surface area contributed by atoms with Gasteiger partial charge in [0.05, 0.1) is 22.1 Å². The van der Waals surface area contributed by atoms with Gasteiger partial charge < -0.3 is 0 Å². The largest absolute Gasteiger partial charge is 0.294 e. The minimum absolute atomic E-state index is 0.0127. The molecule has 0 aliphatic rings. The maximum absolute atomic E-state index is 11.4. The van der Waals surface area contributed by atoms with Crippen LogP contribution in [0, 0.1) is 0 Å². The smallest absolute Gasteiger partial charge is 0.285 e. The standard InChI is InChI=1S/C11H15ClNO5S2/c12-5-8-19(14,15)7-2-6-13-10-3-1-4-11(9-10)20(16,17)18/h1,3-4,9H,2,5-8H2,(H,16,17,18). The van der Waals surface area contributed by atoms with Gasteiger partial charge in [-0.15, -0.1) is 11.6 Å². The molecule has 0 aliphatic carbocycles. The third kappa shape index (κ3) is 6.08. The molecule has 1 aromatic rings. The molecule has 113 valence electrons. The highest BCUT2D eigenvalue weighted by Gasteiger charge is 2.11. The first-order valence-electron chi connectivity index (χ1n) is 5.76. The molecule has 0 aliphatic heterocycles. The van der Waals surface area contributed by atoms with Gasteiger partial charge in [-0.2, -0.15) is 8.42 Å². The highest BCUT2D eigenvalue weighted by Crippen LogP contribution is 2.15. The fourth-order valence-electron chi connectivity index (χ4n) is 1.45. The second-order valence-electron chi connectivity index (χ2n) is 4.05. The maximum Gasteiger partial charge on any atom is 0.294 e. The van der Waals surface area contributed by atoms with Crippen molar-refractivity contribution < 1.29 is 21.4 Å². The summed E-state index contributed by atoms with van der Waals surface area (Å²) >= 11 is 5.37. The second kappa shape index (κ2) is 7.26. The van der Waals surface area contributed by atoms with Gasteiger partial charge in [0.2, 0.25) is 0 Å². The molecule has 0 saturated heterocycles. The molecule has 9 heteroatoms. The number of benzene rings is 1. The van der Waals surface area contributed by atoms with Crippen LogP contribution >= 0.6 is 11.6 Å². The first-order chi connectivity index (χ1) is 9.24. The zero-order chi connectivity index (χ0) is 15.2. The molecule has 20 heavy (non-hydrogen) atoms. The fourth-order valence-corrected chi connectivity index (χ4v) is 3.69. The Morgan fingerprint density at radius 2 is 1.85 bits per heavy atom. The summed E-state index contributed by atoms with van der Waals surface area (Å²) in [6, 6.07) is 5.50. The monoisotopic (exact) mass is 340 g/mol. The summed E-state index contributed by atoms with van der Waals surface area (Å²) in [5.41, 5.74) is 0.370. The first kappa shape index (κ1) is 17.2. The molecule has 0 bridgehead atoms. The SMILES string of the molecule is O=S(=O)(CCCl)CCC[N]c1cccc(S(=O)(=O)O)c1. The lowest BCUT2D eigenvalue weighted by Gasteiger charge is -2.05. The van der Waals surface area contributed by atoms with E-state index < -0.39 is 20.0 Å². The molecular weight excluding hydrogens is 326 g/mol. The van der Waals surface area contributed by atoms with Crippen LogP contribution in [-0.4, -0.2) is 45.3 Å². The van der Waals surface area contributed by atoms with Gasteiger partial charge in [0.1, 0.15) is 0 Å². The molecule has 6 nitrogen and oxygen atoms in total. The van der Waals surface area contributed by atoms with Gasteiger partial charge in [0.15, 0.2) is 9.84 Å². The Morgan fingerprint density at radius 3 is 2.45 bits per heavy atom. The third-order valence-electron chi connectivity index (χ3n) is 2.41. The average Bonchev–Trinajstić information content (AvgIpc) is 2.34. The normalized spacial score (nSPS) is 12.3. The van der Waals surface area contributed by atoms with Crippen molar-refractivity contribution in [3.8, 4) is 0 Å². The van der Waals surface area contributed by atoms with E-state index in [-0.39, 0.29) is 28.8 Å². The summed E-state index contributed by atoms with van der Waals surface area (Å²) in [6.07, 6.45) is 0.329.